The van der Waals surface area contributed by atoms with Crippen LogP contribution in [0.5, 0.6) is 5.75 Å². The number of nitrogens with zero attached hydrogens (tertiary/aromatic N) is 2. The third kappa shape index (κ3) is 1.31. The smallest absolute Gasteiger partial charge is 0.147 e. The Balaban J connectivity index is 2.58. The van der Waals surface area contributed by atoms with Gasteiger partial charge in [-0.15, -0.1) is 0 Å². The number of hydrogen-bond acceptors (Lipinski definition) is 2. The molecule has 0 saturated heterocycles. The highest BCUT2D eigenvalue weighted by atomic mass is 79.9. The zero-order chi connectivity index (χ0) is 11.9. The van der Waals surface area contributed by atoms with E-state index in [1.807, 2.05) is 0 Å². The van der Waals surface area contributed by atoms with Crippen molar-refractivity contribution in [3.8, 4) is 5.75 Å². The number of methoxy groups -OCH3 is 1. The average molecular weight is 244 g/mol. The van der Waals surface area contributed by atoms with Gasteiger partial charge in [-0.2, -0.15) is 5.10 Å². The van der Waals surface area contributed by atoms with E-state index in [0.717, 1.165) is 9.86 Å². The molecule has 0 bridgehead atoms. The summed E-state index contributed by atoms with van der Waals surface area (Å²) in [6, 6.07) is 3.33. The number of hydrogen-bond donors (Lipinski definition) is 0. The lowest BCUT2D eigenvalue weighted by Gasteiger charge is -2.00. The number of rotatable bonds is 1. The van der Waals surface area contributed by atoms with Crippen molar-refractivity contribution >= 4 is 26.8 Å². The van der Waals surface area contributed by atoms with Crippen LogP contribution < -0.4 is 4.74 Å². The predicted molar refractivity (Wildman–Crippen MR) is 55.0 cm³/mol. The first-order valence-corrected chi connectivity index (χ1v) is 4.47. The molecule has 0 fully saturated rings. The Morgan fingerprint density at radius 2 is 2.46 bits per heavy atom. The second-order valence-electron chi connectivity index (χ2n) is 2.71. The summed E-state index contributed by atoms with van der Waals surface area (Å²) in [4.78, 5) is 0. The van der Waals surface area contributed by atoms with E-state index >= 15 is 0 Å². The first-order chi connectivity index (χ1) is 7.37. The minimum atomic E-state index is -2.46. The van der Waals surface area contributed by atoms with Gasteiger partial charge in [0.25, 0.3) is 0 Å². The topological polar surface area (TPSA) is 27.1 Å². The van der Waals surface area contributed by atoms with Gasteiger partial charge in [0, 0.05) is 23.1 Å². The predicted octanol–water partition coefficient (Wildman–Crippen LogP) is 2.34. The van der Waals surface area contributed by atoms with E-state index in [4.69, 9.17) is 8.85 Å². The molecule has 3 nitrogen and oxygen atoms in total. The van der Waals surface area contributed by atoms with E-state index in [0.29, 0.717) is 5.52 Å². The summed E-state index contributed by atoms with van der Waals surface area (Å²) in [6.45, 7) is 0. The molecule has 0 aliphatic heterocycles. The Morgan fingerprint density at radius 1 is 1.62 bits per heavy atom. The van der Waals surface area contributed by atoms with Crippen LogP contribution in [0.25, 0.3) is 10.9 Å². The number of benzene rings is 1. The van der Waals surface area contributed by atoms with Crippen molar-refractivity contribution in [2.75, 3.05) is 7.04 Å². The van der Waals surface area contributed by atoms with Gasteiger partial charge < -0.3 is 4.74 Å². The third-order valence-corrected chi connectivity index (χ3v) is 2.50. The lowest BCUT2D eigenvalue weighted by atomic mass is 10.2. The minimum Gasteiger partial charge on any atom is -0.494 e. The van der Waals surface area contributed by atoms with Gasteiger partial charge in [0.1, 0.15) is 11.3 Å². The molecule has 2 rings (SSSR count). The number of aromatic nitrogens is 2. The van der Waals surface area contributed by atoms with Crippen molar-refractivity contribution < 1.29 is 8.85 Å². The Labute approximate surface area is 88.6 Å². The molecule has 13 heavy (non-hydrogen) atoms. The maximum Gasteiger partial charge on any atom is 0.147 e. The zero-order valence-electron chi connectivity index (χ0n) is 9.91. The highest BCUT2D eigenvalue weighted by Crippen LogP contribution is 2.29. The summed E-state index contributed by atoms with van der Waals surface area (Å²) < 4.78 is 28.6. The second kappa shape index (κ2) is 3.03. The fourth-order valence-electron chi connectivity index (χ4n) is 1.25. The van der Waals surface area contributed by atoms with Crippen molar-refractivity contribution in [2.45, 2.75) is 0 Å². The lowest BCUT2D eigenvalue weighted by molar-refractivity contribution is 0.418. The molecule has 1 heterocycles. The molecule has 2 aromatic rings. The summed E-state index contributed by atoms with van der Waals surface area (Å²) in [6.07, 6.45) is 1.80. The van der Waals surface area contributed by atoms with E-state index < -0.39 is 7.04 Å². The summed E-state index contributed by atoms with van der Waals surface area (Å²) in [5.74, 6) is 0.263. The van der Waals surface area contributed by atoms with Crippen LogP contribution in [0.1, 0.15) is 4.11 Å². The molecule has 0 amide bonds. The maximum absolute atomic E-state index is 7.07. The number of halogens is 1. The molecule has 1 aromatic heterocycles. The van der Waals surface area contributed by atoms with Gasteiger partial charge in [0.15, 0.2) is 0 Å². The van der Waals surface area contributed by atoms with Crippen molar-refractivity contribution in [1.82, 2.24) is 9.78 Å². The Bertz CT molecular complexity index is 535. The number of aryl methyl sites for hydroxylation is 1. The highest BCUT2D eigenvalue weighted by Gasteiger charge is 2.07. The molecular weight excluding hydrogens is 232 g/mol. The van der Waals surface area contributed by atoms with Gasteiger partial charge in [-0.3, -0.25) is 4.68 Å². The summed E-state index contributed by atoms with van der Waals surface area (Å²) in [5.41, 5.74) is 0.535. The minimum absolute atomic E-state index is 0.263. The van der Waals surface area contributed by atoms with E-state index in [1.165, 1.54) is 0 Å². The van der Waals surface area contributed by atoms with Crippen molar-refractivity contribution in [3.63, 3.8) is 0 Å². The molecule has 0 N–H and O–H groups in total. The molecule has 0 spiro atoms. The molecule has 0 radical (unpaired) electrons. The molecule has 1 aromatic carbocycles. The molecular formula is C9H9BrN2O. The van der Waals surface area contributed by atoms with E-state index in [9.17, 15) is 0 Å². The molecule has 4 heteroatoms. The SMILES string of the molecule is [2H]C([2H])([2H])Oc1ccc(Br)c2cn(C)nc12. The summed E-state index contributed by atoms with van der Waals surface area (Å²) in [7, 11) is -0.691. The van der Waals surface area contributed by atoms with Crippen molar-refractivity contribution in [3.05, 3.63) is 22.8 Å². The quantitative estimate of drug-likeness (QED) is 0.769. The molecule has 0 aliphatic rings. The van der Waals surface area contributed by atoms with Gasteiger partial charge in [-0.25, -0.2) is 0 Å². The Kier molecular flexibility index (Phi) is 1.32. The van der Waals surface area contributed by atoms with Gasteiger partial charge in [-0.05, 0) is 12.1 Å². The first kappa shape index (κ1) is 5.65. The number of fused-ring (bicyclic) bond motifs is 1. The average Bonchev–Trinajstić information content (AvgIpc) is 2.51. The van der Waals surface area contributed by atoms with Crippen LogP contribution in [-0.4, -0.2) is 16.8 Å². The Morgan fingerprint density at radius 3 is 3.23 bits per heavy atom. The van der Waals surface area contributed by atoms with Crippen LogP contribution in [0.15, 0.2) is 22.8 Å². The molecule has 0 saturated carbocycles. The molecule has 0 aliphatic carbocycles. The van der Waals surface area contributed by atoms with E-state index in [2.05, 4.69) is 21.0 Å². The van der Waals surface area contributed by atoms with Gasteiger partial charge >= 0.3 is 0 Å². The largest absolute Gasteiger partial charge is 0.494 e. The van der Waals surface area contributed by atoms with Gasteiger partial charge in [0.2, 0.25) is 0 Å². The van der Waals surface area contributed by atoms with Crippen LogP contribution >= 0.6 is 15.9 Å². The first-order valence-electron chi connectivity index (χ1n) is 5.18. The Hall–Kier alpha value is -1.03. The highest BCUT2D eigenvalue weighted by molar-refractivity contribution is 9.10. The molecule has 68 valence electrons. The standard InChI is InChI=1S/C9H9BrN2O/c1-12-5-6-7(10)3-4-8(13-2)9(6)11-12/h3-5H,1-2H3/i2D3. The molecule has 0 atom stereocenters. The normalized spacial score (nSPS) is 15.1. The lowest BCUT2D eigenvalue weighted by Crippen LogP contribution is -1.87. The third-order valence-electron chi connectivity index (χ3n) is 1.81. The van der Waals surface area contributed by atoms with Gasteiger partial charge in [0.05, 0.1) is 11.2 Å². The number of ether oxygens (including phenoxy) is 1. The molecule has 0 unspecified atom stereocenters. The summed E-state index contributed by atoms with van der Waals surface area (Å²) >= 11 is 3.37. The van der Waals surface area contributed by atoms with Crippen LogP contribution in [0.3, 0.4) is 0 Å². The van der Waals surface area contributed by atoms with E-state index in [1.54, 1.807) is 30.1 Å². The van der Waals surface area contributed by atoms with Crippen LogP contribution in [-0.2, 0) is 7.05 Å². The van der Waals surface area contributed by atoms with Crippen molar-refractivity contribution in [2.24, 2.45) is 7.05 Å². The van der Waals surface area contributed by atoms with Crippen LogP contribution in [0, 0.1) is 0 Å². The van der Waals surface area contributed by atoms with Crippen LogP contribution in [0.4, 0.5) is 0 Å². The van der Waals surface area contributed by atoms with E-state index in [-0.39, 0.29) is 5.75 Å². The van der Waals surface area contributed by atoms with Crippen molar-refractivity contribution in [1.29, 1.82) is 0 Å². The maximum atomic E-state index is 7.07. The van der Waals surface area contributed by atoms with Crippen LogP contribution in [0.2, 0.25) is 0 Å². The summed E-state index contributed by atoms with van der Waals surface area (Å²) in [5, 5.41) is 4.99. The fraction of sp³-hybridized carbons (Fsp3) is 0.222. The van der Waals surface area contributed by atoms with Gasteiger partial charge in [-0.1, -0.05) is 15.9 Å². The fourth-order valence-corrected chi connectivity index (χ4v) is 1.67. The zero-order valence-corrected chi connectivity index (χ0v) is 8.50. The second-order valence-corrected chi connectivity index (χ2v) is 3.57. The monoisotopic (exact) mass is 243 g/mol.